The standard InChI is InChI=1S/C25H29N5O4/c1-32-21-12-17(13-22(33-2)25(21)34-3)29-14-16-9-7-15(11-19(16)27)8-10-23(31)30-20-6-4-5-18(26)24(20)28/h4-13,29H,14,26-28H2,1-3H3,(H,30,31). The SMILES string of the molecule is COc1cc(NCc2ccc(C=CC(=O)Nc3cccc(N)c3N)cc2N)cc(OC)c1OC. The van der Waals surface area contributed by atoms with Crippen molar-refractivity contribution in [1.29, 1.82) is 0 Å². The quantitative estimate of drug-likeness (QED) is 0.238. The Labute approximate surface area is 198 Å². The van der Waals surface area contributed by atoms with Gasteiger partial charge in [0.25, 0.3) is 0 Å². The number of nitrogen functional groups attached to an aromatic ring is 3. The van der Waals surface area contributed by atoms with Crippen LogP contribution in [0.2, 0.25) is 0 Å². The number of hydrogen-bond donors (Lipinski definition) is 5. The van der Waals surface area contributed by atoms with Gasteiger partial charge in [0.05, 0.1) is 38.4 Å². The normalized spacial score (nSPS) is 10.7. The van der Waals surface area contributed by atoms with Crippen molar-refractivity contribution in [2.75, 3.05) is 49.2 Å². The molecule has 3 aromatic rings. The number of ether oxygens (including phenoxy) is 3. The van der Waals surface area contributed by atoms with Crippen LogP contribution < -0.4 is 42.0 Å². The number of amides is 1. The topological polar surface area (TPSA) is 147 Å². The Kier molecular flexibility index (Phi) is 7.71. The van der Waals surface area contributed by atoms with E-state index >= 15 is 0 Å². The minimum atomic E-state index is -0.330. The second kappa shape index (κ2) is 10.9. The van der Waals surface area contributed by atoms with Crippen molar-refractivity contribution in [2.45, 2.75) is 6.54 Å². The lowest BCUT2D eigenvalue weighted by Crippen LogP contribution is -2.10. The van der Waals surface area contributed by atoms with E-state index < -0.39 is 0 Å². The molecule has 8 N–H and O–H groups in total. The Bertz CT molecular complexity index is 1180. The smallest absolute Gasteiger partial charge is 0.248 e. The second-order valence-corrected chi connectivity index (χ2v) is 7.36. The number of nitrogens with one attached hydrogen (secondary N) is 2. The molecular weight excluding hydrogens is 434 g/mol. The van der Waals surface area contributed by atoms with Crippen molar-refractivity contribution in [3.05, 3.63) is 65.7 Å². The molecule has 0 heterocycles. The maximum absolute atomic E-state index is 12.2. The molecule has 0 saturated heterocycles. The fourth-order valence-electron chi connectivity index (χ4n) is 3.30. The predicted octanol–water partition coefficient (Wildman–Crippen LogP) is 3.72. The van der Waals surface area contributed by atoms with E-state index in [1.807, 2.05) is 24.3 Å². The van der Waals surface area contributed by atoms with Crippen LogP contribution in [0.15, 0.2) is 54.6 Å². The number of carbonyl (C=O) groups is 1. The molecule has 0 atom stereocenters. The van der Waals surface area contributed by atoms with E-state index in [1.54, 1.807) is 51.7 Å². The van der Waals surface area contributed by atoms with Gasteiger partial charge in [0.2, 0.25) is 11.7 Å². The van der Waals surface area contributed by atoms with Crippen molar-refractivity contribution in [3.63, 3.8) is 0 Å². The molecule has 0 fully saturated rings. The molecule has 9 heteroatoms. The van der Waals surface area contributed by atoms with E-state index in [-0.39, 0.29) is 5.91 Å². The molecule has 0 radical (unpaired) electrons. The number of carbonyl (C=O) groups excluding carboxylic acids is 1. The largest absolute Gasteiger partial charge is 0.493 e. The molecule has 1 amide bonds. The summed E-state index contributed by atoms with van der Waals surface area (Å²) >= 11 is 0. The zero-order valence-corrected chi connectivity index (χ0v) is 19.3. The third-order valence-corrected chi connectivity index (χ3v) is 5.14. The molecule has 9 nitrogen and oxygen atoms in total. The van der Waals surface area contributed by atoms with Crippen LogP contribution in [0.1, 0.15) is 11.1 Å². The Morgan fingerprint density at radius 3 is 2.24 bits per heavy atom. The van der Waals surface area contributed by atoms with Gasteiger partial charge in [0, 0.05) is 36.1 Å². The van der Waals surface area contributed by atoms with Gasteiger partial charge in [0.1, 0.15) is 0 Å². The number of methoxy groups -OCH3 is 3. The van der Waals surface area contributed by atoms with Gasteiger partial charge in [-0.05, 0) is 35.4 Å². The van der Waals surface area contributed by atoms with Crippen LogP contribution in [0.5, 0.6) is 17.2 Å². The van der Waals surface area contributed by atoms with Crippen LogP contribution in [0.3, 0.4) is 0 Å². The van der Waals surface area contributed by atoms with E-state index in [0.717, 1.165) is 16.8 Å². The maximum atomic E-state index is 12.2. The van der Waals surface area contributed by atoms with E-state index in [4.69, 9.17) is 31.4 Å². The summed E-state index contributed by atoms with van der Waals surface area (Å²) in [4.78, 5) is 12.2. The molecule has 0 aliphatic rings. The fourth-order valence-corrected chi connectivity index (χ4v) is 3.30. The number of nitrogens with two attached hydrogens (primary N) is 3. The lowest BCUT2D eigenvalue weighted by molar-refractivity contribution is -0.111. The molecule has 178 valence electrons. The first-order valence-electron chi connectivity index (χ1n) is 10.4. The first-order valence-corrected chi connectivity index (χ1v) is 10.4. The summed E-state index contributed by atoms with van der Waals surface area (Å²) in [5.74, 6) is 1.30. The molecule has 0 saturated carbocycles. The molecule has 3 aromatic carbocycles. The van der Waals surface area contributed by atoms with Crippen molar-refractivity contribution < 1.29 is 19.0 Å². The summed E-state index contributed by atoms with van der Waals surface area (Å²) in [6.07, 6.45) is 3.08. The van der Waals surface area contributed by atoms with E-state index in [2.05, 4.69) is 10.6 Å². The number of anilines is 5. The predicted molar refractivity (Wildman–Crippen MR) is 137 cm³/mol. The van der Waals surface area contributed by atoms with Crippen molar-refractivity contribution in [3.8, 4) is 17.2 Å². The monoisotopic (exact) mass is 463 g/mol. The highest BCUT2D eigenvalue weighted by Gasteiger charge is 2.13. The maximum Gasteiger partial charge on any atom is 0.248 e. The summed E-state index contributed by atoms with van der Waals surface area (Å²) in [5, 5.41) is 6.02. The molecule has 3 rings (SSSR count). The van der Waals surface area contributed by atoms with Crippen LogP contribution in [-0.2, 0) is 11.3 Å². The van der Waals surface area contributed by atoms with Crippen molar-refractivity contribution in [2.24, 2.45) is 0 Å². The number of benzene rings is 3. The van der Waals surface area contributed by atoms with Crippen LogP contribution in [0, 0.1) is 0 Å². The zero-order chi connectivity index (χ0) is 24.7. The molecule has 0 aliphatic carbocycles. The highest BCUT2D eigenvalue weighted by atomic mass is 16.5. The lowest BCUT2D eigenvalue weighted by atomic mass is 10.1. The first kappa shape index (κ1) is 24.1. The van der Waals surface area contributed by atoms with Gasteiger partial charge in [-0.3, -0.25) is 4.79 Å². The number of rotatable bonds is 9. The van der Waals surface area contributed by atoms with E-state index in [1.165, 1.54) is 6.08 Å². The number of hydrogen-bond acceptors (Lipinski definition) is 8. The van der Waals surface area contributed by atoms with Gasteiger partial charge in [-0.15, -0.1) is 0 Å². The van der Waals surface area contributed by atoms with Crippen LogP contribution in [0.4, 0.5) is 28.4 Å². The lowest BCUT2D eigenvalue weighted by Gasteiger charge is -2.15. The van der Waals surface area contributed by atoms with Crippen molar-refractivity contribution in [1.82, 2.24) is 0 Å². The minimum absolute atomic E-state index is 0.330. The van der Waals surface area contributed by atoms with E-state index in [9.17, 15) is 4.79 Å². The van der Waals surface area contributed by atoms with E-state index in [0.29, 0.717) is 46.5 Å². The van der Waals surface area contributed by atoms with Crippen LogP contribution in [-0.4, -0.2) is 27.2 Å². The highest BCUT2D eigenvalue weighted by Crippen LogP contribution is 2.40. The summed E-state index contributed by atoms with van der Waals surface area (Å²) in [6, 6.07) is 14.3. The van der Waals surface area contributed by atoms with Gasteiger partial charge in [-0.25, -0.2) is 0 Å². The Hall–Kier alpha value is -4.53. The van der Waals surface area contributed by atoms with Gasteiger partial charge in [-0.2, -0.15) is 0 Å². The minimum Gasteiger partial charge on any atom is -0.493 e. The Balaban J connectivity index is 1.66. The van der Waals surface area contributed by atoms with Crippen LogP contribution in [0.25, 0.3) is 6.08 Å². The molecule has 34 heavy (non-hydrogen) atoms. The highest BCUT2D eigenvalue weighted by molar-refractivity contribution is 6.04. The van der Waals surface area contributed by atoms with Crippen LogP contribution >= 0.6 is 0 Å². The first-order chi connectivity index (χ1) is 16.4. The zero-order valence-electron chi connectivity index (χ0n) is 19.3. The average molecular weight is 464 g/mol. The molecule has 0 aromatic heterocycles. The fraction of sp³-hybridized carbons (Fsp3) is 0.160. The molecule has 0 aliphatic heterocycles. The summed E-state index contributed by atoms with van der Waals surface area (Å²) < 4.78 is 16.1. The molecular formula is C25H29N5O4. The van der Waals surface area contributed by atoms with Gasteiger partial charge < -0.3 is 42.0 Å². The Morgan fingerprint density at radius 2 is 1.62 bits per heavy atom. The van der Waals surface area contributed by atoms with Gasteiger partial charge >= 0.3 is 0 Å². The third-order valence-electron chi connectivity index (χ3n) is 5.14. The molecule has 0 bridgehead atoms. The number of para-hydroxylation sites is 1. The summed E-state index contributed by atoms with van der Waals surface area (Å²) in [5.41, 5.74) is 22.1. The summed E-state index contributed by atoms with van der Waals surface area (Å²) in [6.45, 7) is 0.476. The van der Waals surface area contributed by atoms with Crippen molar-refractivity contribution >= 4 is 40.4 Å². The second-order valence-electron chi connectivity index (χ2n) is 7.36. The molecule has 0 spiro atoms. The van der Waals surface area contributed by atoms with Gasteiger partial charge in [-0.1, -0.05) is 18.2 Å². The molecule has 0 unspecified atom stereocenters. The average Bonchev–Trinajstić information content (AvgIpc) is 2.84. The Morgan fingerprint density at radius 1 is 0.912 bits per heavy atom. The van der Waals surface area contributed by atoms with Gasteiger partial charge in [0.15, 0.2) is 11.5 Å². The third kappa shape index (κ3) is 5.63. The summed E-state index contributed by atoms with van der Waals surface area (Å²) in [7, 11) is 4.69.